The molecule has 5 heteroatoms. The first kappa shape index (κ1) is 17.8. The molecule has 2 amide bonds. The maximum absolute atomic E-state index is 12.0. The molecule has 0 radical (unpaired) electrons. The molecule has 1 aromatic carbocycles. The van der Waals surface area contributed by atoms with Crippen LogP contribution in [-0.2, 0) is 11.2 Å². The summed E-state index contributed by atoms with van der Waals surface area (Å²) in [5.74, 6) is -0.137. The topological polar surface area (TPSA) is 71.3 Å². The highest BCUT2D eigenvalue weighted by molar-refractivity contribution is 5.91. The van der Waals surface area contributed by atoms with Crippen LogP contribution in [0.25, 0.3) is 0 Å². The van der Waals surface area contributed by atoms with E-state index in [2.05, 4.69) is 42.7 Å². The number of hydrogen-bond donors (Lipinski definition) is 2. The van der Waals surface area contributed by atoms with Crippen LogP contribution in [0.3, 0.4) is 0 Å². The number of hydrogen-bond acceptors (Lipinski definition) is 3. The first-order valence-electron chi connectivity index (χ1n) is 8.13. The molecule has 0 bridgehead atoms. The van der Waals surface area contributed by atoms with E-state index in [4.69, 9.17) is 4.42 Å². The molecule has 0 saturated heterocycles. The second-order valence-electron chi connectivity index (χ2n) is 6.09. The Bertz CT molecular complexity index is 693. The summed E-state index contributed by atoms with van der Waals surface area (Å²) in [5.41, 5.74) is 3.71. The Balaban J connectivity index is 1.72. The molecular weight excluding hydrogens is 304 g/mol. The van der Waals surface area contributed by atoms with Gasteiger partial charge in [0.15, 0.2) is 5.76 Å². The van der Waals surface area contributed by atoms with E-state index in [1.807, 2.05) is 6.92 Å². The summed E-state index contributed by atoms with van der Waals surface area (Å²) < 4.78 is 4.99. The third kappa shape index (κ3) is 5.26. The summed E-state index contributed by atoms with van der Waals surface area (Å²) in [7, 11) is 0. The third-order valence-corrected chi connectivity index (χ3v) is 3.81. The number of carbonyl (C=O) groups is 2. The molecule has 5 nitrogen and oxygen atoms in total. The molecule has 0 aliphatic rings. The SMILES string of the molecule is Cc1ccc(C[C@@H](C)NC(=O)CCNC(=O)c2ccco2)c(C)c1. The zero-order valence-corrected chi connectivity index (χ0v) is 14.4. The van der Waals surface area contributed by atoms with E-state index >= 15 is 0 Å². The van der Waals surface area contributed by atoms with E-state index in [1.54, 1.807) is 12.1 Å². The molecule has 0 aliphatic carbocycles. The van der Waals surface area contributed by atoms with E-state index in [1.165, 1.54) is 23.0 Å². The van der Waals surface area contributed by atoms with Crippen LogP contribution in [0.2, 0.25) is 0 Å². The second-order valence-corrected chi connectivity index (χ2v) is 6.09. The lowest BCUT2D eigenvalue weighted by Crippen LogP contribution is -2.36. The fourth-order valence-electron chi connectivity index (χ4n) is 2.59. The van der Waals surface area contributed by atoms with Crippen molar-refractivity contribution in [3.63, 3.8) is 0 Å². The van der Waals surface area contributed by atoms with Crippen molar-refractivity contribution in [2.45, 2.75) is 39.7 Å². The lowest BCUT2D eigenvalue weighted by Gasteiger charge is -2.16. The molecule has 0 aliphatic heterocycles. The molecule has 0 spiro atoms. The molecule has 1 heterocycles. The molecular formula is C19H24N2O3. The van der Waals surface area contributed by atoms with Crippen LogP contribution in [-0.4, -0.2) is 24.4 Å². The first-order valence-corrected chi connectivity index (χ1v) is 8.13. The van der Waals surface area contributed by atoms with E-state index in [-0.39, 0.29) is 36.6 Å². The summed E-state index contributed by atoms with van der Waals surface area (Å²) >= 11 is 0. The van der Waals surface area contributed by atoms with E-state index in [0.29, 0.717) is 0 Å². The number of carbonyl (C=O) groups excluding carboxylic acids is 2. The predicted octanol–water partition coefficient (Wildman–Crippen LogP) is 2.76. The van der Waals surface area contributed by atoms with E-state index in [9.17, 15) is 9.59 Å². The number of benzene rings is 1. The lowest BCUT2D eigenvalue weighted by atomic mass is 10.00. The van der Waals surface area contributed by atoms with Crippen LogP contribution in [0.1, 0.15) is 40.6 Å². The predicted molar refractivity (Wildman–Crippen MR) is 92.9 cm³/mol. The highest BCUT2D eigenvalue weighted by Crippen LogP contribution is 2.12. The van der Waals surface area contributed by atoms with Gasteiger partial charge in [-0.1, -0.05) is 23.8 Å². The van der Waals surface area contributed by atoms with E-state index < -0.39 is 0 Å². The quantitative estimate of drug-likeness (QED) is 0.821. The first-order chi connectivity index (χ1) is 11.5. The van der Waals surface area contributed by atoms with Gasteiger partial charge in [-0.25, -0.2) is 0 Å². The van der Waals surface area contributed by atoms with Crippen molar-refractivity contribution in [1.82, 2.24) is 10.6 Å². The maximum atomic E-state index is 12.0. The summed E-state index contributed by atoms with van der Waals surface area (Å²) in [6.45, 7) is 6.42. The van der Waals surface area contributed by atoms with Gasteiger partial charge in [-0.15, -0.1) is 0 Å². The van der Waals surface area contributed by atoms with Gasteiger partial charge in [-0.2, -0.15) is 0 Å². The summed E-state index contributed by atoms with van der Waals surface area (Å²) in [6, 6.07) is 9.61. The molecule has 0 saturated carbocycles. The molecule has 1 atom stereocenters. The average molecular weight is 328 g/mol. The third-order valence-electron chi connectivity index (χ3n) is 3.81. The Morgan fingerprint density at radius 2 is 2.00 bits per heavy atom. The molecule has 0 fully saturated rings. The summed E-state index contributed by atoms with van der Waals surface area (Å²) in [4.78, 5) is 23.6. The summed E-state index contributed by atoms with van der Waals surface area (Å²) in [5, 5.41) is 5.63. The molecule has 2 rings (SSSR count). The van der Waals surface area contributed by atoms with Crippen LogP contribution in [0, 0.1) is 13.8 Å². The van der Waals surface area contributed by atoms with Gasteiger partial charge < -0.3 is 15.1 Å². The van der Waals surface area contributed by atoms with Crippen molar-refractivity contribution in [1.29, 1.82) is 0 Å². The van der Waals surface area contributed by atoms with Crippen molar-refractivity contribution in [2.24, 2.45) is 0 Å². The highest BCUT2D eigenvalue weighted by atomic mass is 16.3. The molecule has 2 aromatic rings. The van der Waals surface area contributed by atoms with Gasteiger partial charge in [0.1, 0.15) is 0 Å². The zero-order valence-electron chi connectivity index (χ0n) is 14.4. The van der Waals surface area contributed by atoms with Crippen LogP contribution in [0.15, 0.2) is 41.0 Å². The maximum Gasteiger partial charge on any atom is 0.286 e. The highest BCUT2D eigenvalue weighted by Gasteiger charge is 2.11. The van der Waals surface area contributed by atoms with Gasteiger partial charge in [-0.3, -0.25) is 9.59 Å². The average Bonchev–Trinajstić information content (AvgIpc) is 3.04. The van der Waals surface area contributed by atoms with Crippen molar-refractivity contribution in [3.05, 3.63) is 59.0 Å². The fraction of sp³-hybridized carbons (Fsp3) is 0.368. The normalized spacial score (nSPS) is 11.8. The minimum absolute atomic E-state index is 0.0414. The zero-order chi connectivity index (χ0) is 17.5. The Hall–Kier alpha value is -2.56. The smallest absolute Gasteiger partial charge is 0.286 e. The number of nitrogens with one attached hydrogen (secondary N) is 2. The van der Waals surface area contributed by atoms with E-state index in [0.717, 1.165) is 6.42 Å². The molecule has 24 heavy (non-hydrogen) atoms. The van der Waals surface area contributed by atoms with Crippen LogP contribution >= 0.6 is 0 Å². The summed E-state index contributed by atoms with van der Waals surface area (Å²) in [6.07, 6.45) is 2.47. The Kier molecular flexibility index (Phi) is 6.18. The van der Waals surface area contributed by atoms with Gasteiger partial charge in [0.2, 0.25) is 5.91 Å². The standard InChI is InChI=1S/C19H24N2O3/c1-13-6-7-16(14(2)11-13)12-15(3)21-18(22)8-9-20-19(23)17-5-4-10-24-17/h4-7,10-11,15H,8-9,12H2,1-3H3,(H,20,23)(H,21,22)/t15-/m1/s1. The molecule has 0 unspecified atom stereocenters. The molecule has 128 valence electrons. The number of rotatable bonds is 7. The van der Waals surface area contributed by atoms with Crippen LogP contribution < -0.4 is 10.6 Å². The van der Waals surface area contributed by atoms with Crippen molar-refractivity contribution >= 4 is 11.8 Å². The van der Waals surface area contributed by atoms with Gasteiger partial charge in [0.25, 0.3) is 5.91 Å². The van der Waals surface area contributed by atoms with Gasteiger partial charge in [0, 0.05) is 19.0 Å². The fourth-order valence-corrected chi connectivity index (χ4v) is 2.59. The molecule has 2 N–H and O–H groups in total. The second kappa shape index (κ2) is 8.34. The van der Waals surface area contributed by atoms with Gasteiger partial charge >= 0.3 is 0 Å². The van der Waals surface area contributed by atoms with Gasteiger partial charge in [-0.05, 0) is 50.5 Å². The van der Waals surface area contributed by atoms with Gasteiger partial charge in [0.05, 0.1) is 6.26 Å². The van der Waals surface area contributed by atoms with Crippen LogP contribution in [0.4, 0.5) is 0 Å². The lowest BCUT2D eigenvalue weighted by molar-refractivity contribution is -0.121. The number of amides is 2. The van der Waals surface area contributed by atoms with Crippen molar-refractivity contribution in [2.75, 3.05) is 6.54 Å². The number of aryl methyl sites for hydroxylation is 2. The minimum atomic E-state index is -0.309. The monoisotopic (exact) mass is 328 g/mol. The Morgan fingerprint density at radius 3 is 2.67 bits per heavy atom. The van der Waals surface area contributed by atoms with Crippen molar-refractivity contribution < 1.29 is 14.0 Å². The van der Waals surface area contributed by atoms with Crippen molar-refractivity contribution in [3.8, 4) is 0 Å². The Morgan fingerprint density at radius 1 is 1.21 bits per heavy atom. The van der Waals surface area contributed by atoms with Crippen LogP contribution in [0.5, 0.6) is 0 Å². The largest absolute Gasteiger partial charge is 0.459 e. The Labute approximate surface area is 142 Å². The number of furan rings is 1. The molecule has 1 aromatic heterocycles. The minimum Gasteiger partial charge on any atom is -0.459 e.